The zero-order valence-corrected chi connectivity index (χ0v) is 22.0. The third-order valence-corrected chi connectivity index (χ3v) is 10.0. The molecular weight excluding hydrogens is 506 g/mol. The van der Waals surface area contributed by atoms with Crippen LogP contribution in [-0.4, -0.2) is 28.0 Å². The normalized spacial score (nSPS) is 32.7. The third kappa shape index (κ3) is 3.37. The lowest BCUT2D eigenvalue weighted by molar-refractivity contribution is -0.144. The number of nitrogens with zero attached hydrogens (tertiary/aromatic N) is 1. The van der Waals surface area contributed by atoms with Crippen LogP contribution in [0.1, 0.15) is 83.8 Å². The second kappa shape index (κ2) is 8.10. The molecule has 0 bridgehead atoms. The van der Waals surface area contributed by atoms with Crippen LogP contribution in [0.4, 0.5) is 0 Å². The van der Waals surface area contributed by atoms with Crippen molar-refractivity contribution in [3.05, 3.63) is 26.1 Å². The first-order chi connectivity index (χ1) is 14.1. The molecule has 4 rings (SSSR count). The molecule has 0 saturated heterocycles. The van der Waals surface area contributed by atoms with Crippen molar-refractivity contribution >= 4 is 37.8 Å². The highest BCUT2D eigenvalue weighted by Crippen LogP contribution is 2.64. The van der Waals surface area contributed by atoms with E-state index in [9.17, 15) is 9.90 Å². The lowest BCUT2D eigenvalue weighted by atomic mass is 9.54. The molecule has 5 heteroatoms. The average molecular weight is 541 g/mol. The molecule has 1 aromatic rings. The smallest absolute Gasteiger partial charge is 0.226 e. The highest BCUT2D eigenvalue weighted by atomic mass is 79.9. The molecule has 0 heterocycles. The van der Waals surface area contributed by atoms with Crippen LogP contribution >= 0.6 is 31.9 Å². The van der Waals surface area contributed by atoms with Gasteiger partial charge in [0.05, 0.1) is 8.95 Å². The Bertz CT molecular complexity index is 844. The van der Waals surface area contributed by atoms with E-state index < -0.39 is 0 Å². The summed E-state index contributed by atoms with van der Waals surface area (Å²) in [5.41, 5.74) is 2.81. The molecule has 2 saturated carbocycles. The standard InChI is InChI=1S/C25H35Br2NO2/c1-13(2)28(14(3)4)24(30)20-9-8-19-16-6-7-17-18(12-21(26)23(29)22(17)27)15(16)10-11-25(19,20)5/h12-16,19-20,29H,6-11H2,1-5H3/t15-,16+,19-,20+,25-/m0/s1. The van der Waals surface area contributed by atoms with Gasteiger partial charge in [0, 0.05) is 18.0 Å². The van der Waals surface area contributed by atoms with E-state index in [1.807, 2.05) is 0 Å². The number of hydrogen-bond acceptors (Lipinski definition) is 2. The zero-order chi connectivity index (χ0) is 22.0. The Morgan fingerprint density at radius 3 is 2.43 bits per heavy atom. The third-order valence-electron chi connectivity index (χ3n) is 8.56. The van der Waals surface area contributed by atoms with Crippen molar-refractivity contribution in [3.63, 3.8) is 0 Å². The van der Waals surface area contributed by atoms with Gasteiger partial charge in [0.15, 0.2) is 0 Å². The van der Waals surface area contributed by atoms with Crippen LogP contribution in [0.3, 0.4) is 0 Å². The number of carbonyl (C=O) groups excluding carboxylic acids is 1. The summed E-state index contributed by atoms with van der Waals surface area (Å²) in [5, 5.41) is 10.4. The summed E-state index contributed by atoms with van der Waals surface area (Å²) in [5.74, 6) is 2.67. The summed E-state index contributed by atoms with van der Waals surface area (Å²) in [4.78, 5) is 15.8. The van der Waals surface area contributed by atoms with Crippen LogP contribution in [0.2, 0.25) is 0 Å². The van der Waals surface area contributed by atoms with Crippen LogP contribution in [0.5, 0.6) is 5.75 Å². The fourth-order valence-electron chi connectivity index (χ4n) is 7.33. The molecule has 0 aromatic heterocycles. The van der Waals surface area contributed by atoms with Crippen molar-refractivity contribution in [2.45, 2.75) is 91.1 Å². The van der Waals surface area contributed by atoms with E-state index in [1.165, 1.54) is 17.5 Å². The number of carbonyl (C=O) groups is 1. The quantitative estimate of drug-likeness (QED) is 0.446. The molecule has 1 N–H and O–H groups in total. The topological polar surface area (TPSA) is 40.5 Å². The number of phenolic OH excluding ortho intramolecular Hbond substituents is 1. The minimum atomic E-state index is 0.114. The Labute approximate surface area is 198 Å². The van der Waals surface area contributed by atoms with Gasteiger partial charge in [0.2, 0.25) is 5.91 Å². The average Bonchev–Trinajstić information content (AvgIpc) is 3.02. The van der Waals surface area contributed by atoms with E-state index in [0.29, 0.717) is 29.4 Å². The number of phenols is 1. The molecule has 1 amide bonds. The minimum Gasteiger partial charge on any atom is -0.506 e. The second-order valence-corrected chi connectivity index (χ2v) is 12.3. The maximum atomic E-state index is 13.7. The highest BCUT2D eigenvalue weighted by molar-refractivity contribution is 9.11. The molecule has 30 heavy (non-hydrogen) atoms. The Kier molecular flexibility index (Phi) is 6.11. The molecular formula is C25H35Br2NO2. The number of aromatic hydroxyl groups is 1. The largest absolute Gasteiger partial charge is 0.506 e. The maximum Gasteiger partial charge on any atom is 0.226 e. The first-order valence-electron chi connectivity index (χ1n) is 11.6. The van der Waals surface area contributed by atoms with E-state index in [-0.39, 0.29) is 23.4 Å². The second-order valence-electron chi connectivity index (χ2n) is 10.6. The van der Waals surface area contributed by atoms with E-state index in [4.69, 9.17) is 0 Å². The molecule has 0 spiro atoms. The van der Waals surface area contributed by atoms with Gasteiger partial charge in [-0.2, -0.15) is 0 Å². The predicted octanol–water partition coefficient (Wildman–Crippen LogP) is 7.03. The Hall–Kier alpha value is -0.550. The molecule has 3 nitrogen and oxygen atoms in total. The van der Waals surface area contributed by atoms with E-state index in [2.05, 4.69) is 77.4 Å². The van der Waals surface area contributed by atoms with E-state index in [1.54, 1.807) is 0 Å². The monoisotopic (exact) mass is 539 g/mol. The number of halogens is 2. The summed E-state index contributed by atoms with van der Waals surface area (Å²) in [7, 11) is 0. The number of fused-ring (bicyclic) bond motifs is 5. The van der Waals surface area contributed by atoms with Gasteiger partial charge in [-0.25, -0.2) is 0 Å². The molecule has 3 aliphatic rings. The minimum absolute atomic E-state index is 0.114. The number of amides is 1. The van der Waals surface area contributed by atoms with Gasteiger partial charge in [-0.1, -0.05) is 6.92 Å². The summed E-state index contributed by atoms with van der Waals surface area (Å²) >= 11 is 7.19. The first kappa shape index (κ1) is 22.6. The van der Waals surface area contributed by atoms with Crippen LogP contribution < -0.4 is 0 Å². The van der Waals surface area contributed by atoms with E-state index >= 15 is 0 Å². The molecule has 3 aliphatic carbocycles. The zero-order valence-electron chi connectivity index (χ0n) is 18.8. The van der Waals surface area contributed by atoms with Crippen LogP contribution in [0.25, 0.3) is 0 Å². The first-order valence-corrected chi connectivity index (χ1v) is 13.2. The molecule has 0 radical (unpaired) electrons. The van der Waals surface area contributed by atoms with Crippen molar-refractivity contribution in [1.29, 1.82) is 0 Å². The molecule has 166 valence electrons. The van der Waals surface area contributed by atoms with Crippen molar-refractivity contribution in [2.75, 3.05) is 0 Å². The molecule has 5 atom stereocenters. The van der Waals surface area contributed by atoms with Crippen LogP contribution in [0.15, 0.2) is 15.0 Å². The lowest BCUT2D eigenvalue weighted by Crippen LogP contribution is -2.50. The predicted molar refractivity (Wildman–Crippen MR) is 129 cm³/mol. The number of hydrogen-bond donors (Lipinski definition) is 1. The molecule has 0 aliphatic heterocycles. The molecule has 1 aromatic carbocycles. The van der Waals surface area contributed by atoms with Gasteiger partial charge >= 0.3 is 0 Å². The van der Waals surface area contributed by atoms with Gasteiger partial charge in [0.25, 0.3) is 0 Å². The Morgan fingerprint density at radius 2 is 1.80 bits per heavy atom. The van der Waals surface area contributed by atoms with Crippen molar-refractivity contribution in [3.8, 4) is 5.75 Å². The summed E-state index contributed by atoms with van der Waals surface area (Å²) in [6.07, 6.45) is 6.64. The summed E-state index contributed by atoms with van der Waals surface area (Å²) in [6, 6.07) is 2.66. The van der Waals surface area contributed by atoms with Gasteiger partial charge in [-0.05, 0) is 138 Å². The molecule has 2 fully saturated rings. The van der Waals surface area contributed by atoms with Crippen molar-refractivity contribution in [1.82, 2.24) is 4.90 Å². The van der Waals surface area contributed by atoms with Gasteiger partial charge in [-0.3, -0.25) is 4.79 Å². The number of rotatable bonds is 3. The van der Waals surface area contributed by atoms with Crippen LogP contribution in [0, 0.1) is 23.2 Å². The van der Waals surface area contributed by atoms with Gasteiger partial charge in [-0.15, -0.1) is 0 Å². The molecule has 0 unspecified atom stereocenters. The Balaban J connectivity index is 1.64. The van der Waals surface area contributed by atoms with Gasteiger partial charge < -0.3 is 10.0 Å². The summed E-state index contributed by atoms with van der Waals surface area (Å²) < 4.78 is 1.65. The SMILES string of the molecule is CC(C)N(C(=O)[C@H]1CC[C@H]2[C@@H]3CCc4c(cc(Br)c(O)c4Br)[C@H]3CC[C@]12C)C(C)C. The van der Waals surface area contributed by atoms with Gasteiger partial charge in [0.1, 0.15) is 5.75 Å². The fourth-order valence-corrected chi connectivity index (χ4v) is 8.68. The van der Waals surface area contributed by atoms with Crippen LogP contribution in [-0.2, 0) is 11.2 Å². The number of benzene rings is 1. The highest BCUT2D eigenvalue weighted by Gasteiger charge is 2.57. The lowest BCUT2D eigenvalue weighted by Gasteiger charge is -2.51. The maximum absolute atomic E-state index is 13.7. The Morgan fingerprint density at radius 1 is 1.13 bits per heavy atom. The summed E-state index contributed by atoms with van der Waals surface area (Å²) in [6.45, 7) is 11.0. The van der Waals surface area contributed by atoms with Crippen molar-refractivity contribution < 1.29 is 9.90 Å². The van der Waals surface area contributed by atoms with E-state index in [0.717, 1.165) is 41.0 Å². The fraction of sp³-hybridized carbons (Fsp3) is 0.720. The van der Waals surface area contributed by atoms with Crippen molar-refractivity contribution in [2.24, 2.45) is 23.2 Å².